The first-order chi connectivity index (χ1) is 16.7. The van der Waals surface area contributed by atoms with E-state index in [2.05, 4.69) is 25.4 Å². The third kappa shape index (κ3) is 5.83. The van der Waals surface area contributed by atoms with E-state index in [1.54, 1.807) is 37.3 Å². The first kappa shape index (κ1) is 27.5. The fourth-order valence-corrected chi connectivity index (χ4v) is 4.17. The molecule has 1 aromatic carbocycles. The van der Waals surface area contributed by atoms with Crippen molar-refractivity contribution < 1.29 is 28.6 Å². The molecule has 1 fully saturated rings. The van der Waals surface area contributed by atoms with Crippen LogP contribution in [0, 0.1) is 11.8 Å². The van der Waals surface area contributed by atoms with Gasteiger partial charge in [-0.3, -0.25) is 4.79 Å². The number of hydrogen-bond acceptors (Lipinski definition) is 8. The van der Waals surface area contributed by atoms with E-state index in [9.17, 15) is 19.9 Å². The average Bonchev–Trinajstić information content (AvgIpc) is 2.85. The molecule has 7 atom stereocenters. The van der Waals surface area contributed by atoms with Gasteiger partial charge in [-0.1, -0.05) is 44.1 Å². The molecule has 1 saturated heterocycles. The van der Waals surface area contributed by atoms with E-state index in [4.69, 9.17) is 19.7 Å². The third-order valence-electron chi connectivity index (χ3n) is 6.13. The number of esters is 2. The van der Waals surface area contributed by atoms with Gasteiger partial charge in [0.15, 0.2) is 0 Å². The fourth-order valence-electron chi connectivity index (χ4n) is 4.17. The van der Waals surface area contributed by atoms with Crippen molar-refractivity contribution in [3.63, 3.8) is 0 Å². The van der Waals surface area contributed by atoms with Gasteiger partial charge in [-0.2, -0.15) is 0 Å². The number of carbonyl (C=O) groups excluding carboxylic acids is 3. The molecular weight excluding hydrogens is 458 g/mol. The Bertz CT molecular complexity index is 1020. The Balaban J connectivity index is 2.67. The van der Waals surface area contributed by atoms with Crippen LogP contribution in [0.3, 0.4) is 0 Å². The van der Waals surface area contributed by atoms with Crippen LogP contribution >= 0.6 is 0 Å². The predicted octanol–water partition coefficient (Wildman–Crippen LogP) is 3.66. The summed E-state index contributed by atoms with van der Waals surface area (Å²) < 4.78 is 16.8. The Hall–Kier alpha value is -3.79. The highest BCUT2D eigenvalue weighted by Crippen LogP contribution is 2.41. The van der Waals surface area contributed by atoms with Gasteiger partial charge in [0.1, 0.15) is 12.2 Å². The number of rotatable bonds is 9. The zero-order valence-corrected chi connectivity index (χ0v) is 20.2. The molecule has 0 radical (unpaired) electrons. The number of benzene rings is 1. The molecule has 13 nitrogen and oxygen atoms in total. The van der Waals surface area contributed by atoms with Crippen LogP contribution in [0.25, 0.3) is 20.9 Å². The van der Waals surface area contributed by atoms with Crippen LogP contribution in [-0.2, 0) is 23.8 Å². The van der Waals surface area contributed by atoms with Gasteiger partial charge in [0.25, 0.3) is 5.72 Å². The second-order valence-electron chi connectivity index (χ2n) is 8.32. The molecule has 0 aliphatic carbocycles. The summed E-state index contributed by atoms with van der Waals surface area (Å²) in [6.07, 6.45) is -1.61. The number of ether oxygens (including phenoxy) is 3. The van der Waals surface area contributed by atoms with Gasteiger partial charge in [-0.25, -0.2) is 9.59 Å². The number of amides is 1. The molecule has 2 unspecified atom stereocenters. The number of carbonyl (C=O) groups is 3. The highest BCUT2D eigenvalue weighted by molar-refractivity contribution is 5.89. The average molecular weight is 488 g/mol. The normalized spacial score (nSPS) is 27.2. The van der Waals surface area contributed by atoms with Crippen molar-refractivity contribution >= 4 is 17.8 Å². The van der Waals surface area contributed by atoms with E-state index in [1.807, 2.05) is 13.8 Å². The molecule has 13 heteroatoms. The zero-order chi connectivity index (χ0) is 26.2. The van der Waals surface area contributed by atoms with Gasteiger partial charge in [-0.05, 0) is 46.6 Å². The summed E-state index contributed by atoms with van der Waals surface area (Å²) >= 11 is 0. The standard InChI is InChI=1S/C22H29N7O6/c1-6-12(2)17(34-20(31)15-10-8-7-9-11-15)18-16(25-14(4)30)13(3)19(26-28-23)22(35-18,27-29-24)21(32)33-5/h7-13,16-19H,6H2,1-5H3,(H,25,30)/t12-,13+,16-,17-,18?,19?,22+/m1/s1. The minimum Gasteiger partial charge on any atom is -0.467 e. The summed E-state index contributed by atoms with van der Waals surface area (Å²) in [7, 11) is 1.06. The molecule has 0 saturated carbocycles. The topological polar surface area (TPSA) is 188 Å². The Labute approximate surface area is 202 Å². The van der Waals surface area contributed by atoms with Crippen molar-refractivity contribution in [2.45, 2.75) is 64.1 Å². The lowest BCUT2D eigenvalue weighted by molar-refractivity contribution is -0.220. The van der Waals surface area contributed by atoms with E-state index >= 15 is 0 Å². The Morgan fingerprint density at radius 2 is 1.89 bits per heavy atom. The van der Waals surface area contributed by atoms with Gasteiger partial charge < -0.3 is 19.5 Å². The number of nitrogens with zero attached hydrogens (tertiary/aromatic N) is 6. The second-order valence-corrected chi connectivity index (χ2v) is 8.32. The van der Waals surface area contributed by atoms with Gasteiger partial charge in [0.05, 0.1) is 24.8 Å². The van der Waals surface area contributed by atoms with Crippen molar-refractivity contribution in [1.29, 1.82) is 0 Å². The molecule has 1 aliphatic heterocycles. The number of methoxy groups -OCH3 is 1. The SMILES string of the molecule is CC[C@@H](C)[C@@H](OC(=O)c1ccccc1)C1O[C@](N=[N+]=[N-])(C(=O)OC)C(N=[N+]=[N-])[C@@H](C)[C@H]1NC(C)=O. The first-order valence-electron chi connectivity index (χ1n) is 11.1. The van der Waals surface area contributed by atoms with Gasteiger partial charge >= 0.3 is 11.9 Å². The second kappa shape index (κ2) is 12.1. The van der Waals surface area contributed by atoms with Crippen molar-refractivity contribution in [3.05, 3.63) is 56.8 Å². The van der Waals surface area contributed by atoms with Crippen LogP contribution in [0.4, 0.5) is 0 Å². The maximum Gasteiger partial charge on any atom is 0.344 e. The molecule has 188 valence electrons. The van der Waals surface area contributed by atoms with Gasteiger partial charge in [-0.15, -0.1) is 0 Å². The Morgan fingerprint density at radius 3 is 2.40 bits per heavy atom. The van der Waals surface area contributed by atoms with Gasteiger partial charge in [0, 0.05) is 16.7 Å². The maximum atomic E-state index is 13.0. The first-order valence-corrected chi connectivity index (χ1v) is 11.1. The van der Waals surface area contributed by atoms with E-state index in [0.29, 0.717) is 12.0 Å². The lowest BCUT2D eigenvalue weighted by Crippen LogP contribution is -2.69. The van der Waals surface area contributed by atoms with E-state index in [1.165, 1.54) is 6.92 Å². The summed E-state index contributed by atoms with van der Waals surface area (Å²) in [5.41, 5.74) is 16.3. The Kier molecular flexibility index (Phi) is 9.47. The molecule has 1 N–H and O–H groups in total. The smallest absolute Gasteiger partial charge is 0.344 e. The Morgan fingerprint density at radius 1 is 1.23 bits per heavy atom. The molecular formula is C22H29N7O6. The minimum absolute atomic E-state index is 0.293. The van der Waals surface area contributed by atoms with Crippen molar-refractivity contribution in [2.24, 2.45) is 22.1 Å². The summed E-state index contributed by atoms with van der Waals surface area (Å²) in [4.78, 5) is 43.5. The maximum absolute atomic E-state index is 13.0. The molecule has 1 amide bonds. The zero-order valence-electron chi connectivity index (χ0n) is 20.2. The largest absolute Gasteiger partial charge is 0.467 e. The summed E-state index contributed by atoms with van der Waals surface area (Å²) in [6, 6.07) is 6.04. The molecule has 0 bridgehead atoms. The van der Waals surface area contributed by atoms with E-state index in [-0.39, 0.29) is 5.92 Å². The van der Waals surface area contributed by atoms with E-state index in [0.717, 1.165) is 7.11 Å². The highest BCUT2D eigenvalue weighted by Gasteiger charge is 2.60. The van der Waals surface area contributed by atoms with Crippen LogP contribution < -0.4 is 5.32 Å². The van der Waals surface area contributed by atoms with Crippen molar-refractivity contribution in [3.8, 4) is 0 Å². The lowest BCUT2D eigenvalue weighted by Gasteiger charge is -2.50. The monoisotopic (exact) mass is 487 g/mol. The third-order valence-corrected chi connectivity index (χ3v) is 6.13. The number of hydrogen-bond donors (Lipinski definition) is 1. The number of azide groups is 2. The summed E-state index contributed by atoms with van der Waals surface area (Å²) in [6.45, 7) is 6.58. The van der Waals surface area contributed by atoms with Gasteiger partial charge in [0.2, 0.25) is 5.91 Å². The molecule has 35 heavy (non-hydrogen) atoms. The molecule has 0 spiro atoms. The van der Waals surface area contributed by atoms with Crippen LogP contribution in [-0.4, -0.2) is 55.0 Å². The predicted molar refractivity (Wildman–Crippen MR) is 124 cm³/mol. The van der Waals surface area contributed by atoms with E-state index < -0.39 is 53.8 Å². The number of nitrogens with one attached hydrogen (secondary N) is 1. The van der Waals surface area contributed by atoms with Crippen LogP contribution in [0.1, 0.15) is 44.5 Å². The van der Waals surface area contributed by atoms with Crippen molar-refractivity contribution in [1.82, 2.24) is 5.32 Å². The molecule has 1 heterocycles. The quantitative estimate of drug-likeness (QED) is 0.239. The lowest BCUT2D eigenvalue weighted by atomic mass is 9.77. The molecule has 2 rings (SSSR count). The highest BCUT2D eigenvalue weighted by atomic mass is 16.6. The minimum atomic E-state index is -2.39. The fraction of sp³-hybridized carbons (Fsp3) is 0.591. The summed E-state index contributed by atoms with van der Waals surface area (Å²) in [5.74, 6) is -3.27. The van der Waals surface area contributed by atoms with Crippen molar-refractivity contribution in [2.75, 3.05) is 7.11 Å². The van der Waals surface area contributed by atoms with Crippen LogP contribution in [0.2, 0.25) is 0 Å². The molecule has 0 aromatic heterocycles. The molecule has 1 aromatic rings. The van der Waals surface area contributed by atoms with Crippen LogP contribution in [0.15, 0.2) is 40.6 Å². The molecule has 1 aliphatic rings. The summed E-state index contributed by atoms with van der Waals surface area (Å²) in [5, 5.41) is 9.99. The van der Waals surface area contributed by atoms with Crippen LogP contribution in [0.5, 0.6) is 0 Å².